The lowest BCUT2D eigenvalue weighted by Crippen LogP contribution is -2.30. The fourth-order valence-electron chi connectivity index (χ4n) is 1.83. The number of carbonyl (C=O) groups excluding carboxylic acids is 1. The van der Waals surface area contributed by atoms with Gasteiger partial charge in [-0.3, -0.25) is 4.79 Å². The molecule has 1 unspecified atom stereocenters. The van der Waals surface area contributed by atoms with Gasteiger partial charge in [0.05, 0.1) is 5.56 Å². The molecule has 0 aliphatic rings. The minimum atomic E-state index is -0.146. The fraction of sp³-hybridized carbons (Fsp3) is 0.500. The zero-order valence-corrected chi connectivity index (χ0v) is 11.1. The second-order valence-electron chi connectivity index (χ2n) is 4.59. The summed E-state index contributed by atoms with van der Waals surface area (Å²) in [6.07, 6.45) is 1.64. The number of hydrogen-bond acceptors (Lipinski definition) is 3. The van der Waals surface area contributed by atoms with E-state index in [1.54, 1.807) is 12.1 Å². The van der Waals surface area contributed by atoms with Gasteiger partial charge in [0.25, 0.3) is 5.91 Å². The van der Waals surface area contributed by atoms with Crippen molar-refractivity contribution in [2.45, 2.75) is 26.7 Å². The topological polar surface area (TPSA) is 75.3 Å². The SMILES string of the molecule is CCC(CCO)CNC(=O)c1cc(C)ccc1N. The van der Waals surface area contributed by atoms with Gasteiger partial charge in [0.2, 0.25) is 0 Å². The molecule has 0 spiro atoms. The molecule has 18 heavy (non-hydrogen) atoms. The third kappa shape index (κ3) is 4.04. The summed E-state index contributed by atoms with van der Waals surface area (Å²) in [5.74, 6) is 0.164. The number of rotatable bonds is 6. The first-order chi connectivity index (χ1) is 8.58. The molecule has 0 aromatic heterocycles. The van der Waals surface area contributed by atoms with E-state index in [-0.39, 0.29) is 12.5 Å². The van der Waals surface area contributed by atoms with E-state index in [1.165, 1.54) is 0 Å². The standard InChI is InChI=1S/C14H22N2O2/c1-3-11(6-7-17)9-16-14(18)12-8-10(2)4-5-13(12)15/h4-5,8,11,17H,3,6-7,9,15H2,1-2H3,(H,16,18). The molecule has 1 aromatic rings. The summed E-state index contributed by atoms with van der Waals surface area (Å²) in [4.78, 5) is 12.0. The highest BCUT2D eigenvalue weighted by molar-refractivity contribution is 5.99. The molecule has 0 saturated carbocycles. The summed E-state index contributed by atoms with van der Waals surface area (Å²) in [6, 6.07) is 5.42. The van der Waals surface area contributed by atoms with Crippen LogP contribution in [0.3, 0.4) is 0 Å². The van der Waals surface area contributed by atoms with Crippen LogP contribution in [0.5, 0.6) is 0 Å². The van der Waals surface area contributed by atoms with Crippen molar-refractivity contribution >= 4 is 11.6 Å². The zero-order valence-electron chi connectivity index (χ0n) is 11.1. The van der Waals surface area contributed by atoms with E-state index >= 15 is 0 Å². The Morgan fingerprint density at radius 3 is 2.83 bits per heavy atom. The maximum absolute atomic E-state index is 12.0. The van der Waals surface area contributed by atoms with Crippen molar-refractivity contribution < 1.29 is 9.90 Å². The zero-order chi connectivity index (χ0) is 13.5. The van der Waals surface area contributed by atoms with Gasteiger partial charge >= 0.3 is 0 Å². The molecule has 4 N–H and O–H groups in total. The molecular formula is C14H22N2O2. The van der Waals surface area contributed by atoms with Crippen LogP contribution in [-0.4, -0.2) is 24.2 Å². The summed E-state index contributed by atoms with van der Waals surface area (Å²) in [7, 11) is 0. The van der Waals surface area contributed by atoms with Gasteiger partial charge in [-0.2, -0.15) is 0 Å². The fourth-order valence-corrected chi connectivity index (χ4v) is 1.83. The first kappa shape index (κ1) is 14.5. The first-order valence-electron chi connectivity index (χ1n) is 6.33. The van der Waals surface area contributed by atoms with E-state index in [0.29, 0.717) is 30.1 Å². The molecular weight excluding hydrogens is 228 g/mol. The Kier molecular flexibility index (Phi) is 5.65. The molecule has 0 aliphatic heterocycles. The highest BCUT2D eigenvalue weighted by Gasteiger charge is 2.12. The van der Waals surface area contributed by atoms with Crippen molar-refractivity contribution in [1.29, 1.82) is 0 Å². The van der Waals surface area contributed by atoms with Gasteiger partial charge in [-0.05, 0) is 31.4 Å². The van der Waals surface area contributed by atoms with E-state index in [9.17, 15) is 4.79 Å². The Hall–Kier alpha value is -1.55. The second-order valence-corrected chi connectivity index (χ2v) is 4.59. The van der Waals surface area contributed by atoms with E-state index in [0.717, 1.165) is 12.0 Å². The van der Waals surface area contributed by atoms with Gasteiger partial charge < -0.3 is 16.2 Å². The summed E-state index contributed by atoms with van der Waals surface area (Å²) in [5, 5.41) is 11.8. The smallest absolute Gasteiger partial charge is 0.253 e. The van der Waals surface area contributed by atoms with Crippen LogP contribution in [0.15, 0.2) is 18.2 Å². The molecule has 0 aliphatic carbocycles. The molecule has 0 bridgehead atoms. The van der Waals surface area contributed by atoms with Crippen LogP contribution >= 0.6 is 0 Å². The van der Waals surface area contributed by atoms with Crippen molar-refractivity contribution in [2.24, 2.45) is 5.92 Å². The number of nitrogen functional groups attached to an aromatic ring is 1. The van der Waals surface area contributed by atoms with Gasteiger partial charge in [-0.15, -0.1) is 0 Å². The Bertz CT molecular complexity index is 405. The average molecular weight is 250 g/mol. The summed E-state index contributed by atoms with van der Waals surface area (Å²) in [5.41, 5.74) is 7.81. The first-order valence-corrected chi connectivity index (χ1v) is 6.33. The number of amides is 1. The molecule has 0 fully saturated rings. The predicted molar refractivity (Wildman–Crippen MR) is 73.4 cm³/mol. The third-order valence-corrected chi connectivity index (χ3v) is 3.12. The van der Waals surface area contributed by atoms with Crippen LogP contribution in [0, 0.1) is 12.8 Å². The number of nitrogens with one attached hydrogen (secondary N) is 1. The van der Waals surface area contributed by atoms with Gasteiger partial charge in [-0.1, -0.05) is 25.0 Å². The number of carbonyl (C=O) groups is 1. The monoisotopic (exact) mass is 250 g/mol. The van der Waals surface area contributed by atoms with Gasteiger partial charge in [-0.25, -0.2) is 0 Å². The number of anilines is 1. The minimum absolute atomic E-state index is 0.146. The lowest BCUT2D eigenvalue weighted by Gasteiger charge is -2.15. The highest BCUT2D eigenvalue weighted by atomic mass is 16.3. The van der Waals surface area contributed by atoms with Crippen molar-refractivity contribution in [3.8, 4) is 0 Å². The maximum Gasteiger partial charge on any atom is 0.253 e. The van der Waals surface area contributed by atoms with E-state index in [1.807, 2.05) is 19.9 Å². The quantitative estimate of drug-likeness (QED) is 0.673. The summed E-state index contributed by atoms with van der Waals surface area (Å²) in [6.45, 7) is 4.70. The van der Waals surface area contributed by atoms with Gasteiger partial charge in [0.1, 0.15) is 0 Å². The van der Waals surface area contributed by atoms with Crippen LogP contribution in [0.1, 0.15) is 35.7 Å². The van der Waals surface area contributed by atoms with Crippen LogP contribution in [-0.2, 0) is 0 Å². The van der Waals surface area contributed by atoms with E-state index in [4.69, 9.17) is 10.8 Å². The highest BCUT2D eigenvalue weighted by Crippen LogP contribution is 2.14. The number of nitrogens with two attached hydrogens (primary N) is 1. The lowest BCUT2D eigenvalue weighted by atomic mass is 10.0. The number of benzene rings is 1. The molecule has 4 nitrogen and oxygen atoms in total. The van der Waals surface area contributed by atoms with Crippen LogP contribution < -0.4 is 11.1 Å². The van der Waals surface area contributed by atoms with Gasteiger partial charge in [0, 0.05) is 18.8 Å². The molecule has 100 valence electrons. The summed E-state index contributed by atoms with van der Waals surface area (Å²) >= 11 is 0. The Morgan fingerprint density at radius 1 is 1.50 bits per heavy atom. The lowest BCUT2D eigenvalue weighted by molar-refractivity contribution is 0.0944. The number of aliphatic hydroxyl groups is 1. The third-order valence-electron chi connectivity index (χ3n) is 3.12. The van der Waals surface area contributed by atoms with E-state index < -0.39 is 0 Å². The van der Waals surface area contributed by atoms with Crippen molar-refractivity contribution in [3.05, 3.63) is 29.3 Å². The van der Waals surface area contributed by atoms with E-state index in [2.05, 4.69) is 5.32 Å². The Balaban J connectivity index is 2.62. The molecule has 0 saturated heterocycles. The van der Waals surface area contributed by atoms with Crippen molar-refractivity contribution in [1.82, 2.24) is 5.32 Å². The normalized spacial score (nSPS) is 12.2. The number of aryl methyl sites for hydroxylation is 1. The minimum Gasteiger partial charge on any atom is -0.398 e. The van der Waals surface area contributed by atoms with Crippen LogP contribution in [0.25, 0.3) is 0 Å². The predicted octanol–water partition coefficient (Wildman–Crippen LogP) is 1.72. The number of aliphatic hydroxyl groups excluding tert-OH is 1. The second kappa shape index (κ2) is 7.01. The maximum atomic E-state index is 12.0. The molecule has 1 rings (SSSR count). The molecule has 4 heteroatoms. The largest absolute Gasteiger partial charge is 0.398 e. The summed E-state index contributed by atoms with van der Waals surface area (Å²) < 4.78 is 0. The molecule has 1 amide bonds. The molecule has 0 radical (unpaired) electrons. The molecule has 1 aromatic carbocycles. The van der Waals surface area contributed by atoms with Crippen LogP contribution in [0.2, 0.25) is 0 Å². The Morgan fingerprint density at radius 2 is 2.22 bits per heavy atom. The van der Waals surface area contributed by atoms with Crippen LogP contribution in [0.4, 0.5) is 5.69 Å². The average Bonchev–Trinajstić information content (AvgIpc) is 2.37. The molecule has 0 heterocycles. The van der Waals surface area contributed by atoms with Crippen molar-refractivity contribution in [3.63, 3.8) is 0 Å². The molecule has 1 atom stereocenters. The van der Waals surface area contributed by atoms with Crippen molar-refractivity contribution in [2.75, 3.05) is 18.9 Å². The number of hydrogen-bond donors (Lipinski definition) is 3. The van der Waals surface area contributed by atoms with Gasteiger partial charge in [0.15, 0.2) is 0 Å². The Labute approximate surface area is 108 Å².